The number of hydrogen-bond donors (Lipinski definition) is 1. The normalized spacial score (nSPS) is 28.1. The van der Waals surface area contributed by atoms with E-state index < -0.39 is 0 Å². The molecule has 3 unspecified atom stereocenters. The van der Waals surface area contributed by atoms with Gasteiger partial charge in [-0.25, -0.2) is 0 Å². The third-order valence-electron chi connectivity index (χ3n) is 4.98. The van der Waals surface area contributed by atoms with Crippen LogP contribution in [-0.2, 0) is 0 Å². The fraction of sp³-hybridized carbons (Fsp3) is 0.438. The lowest BCUT2D eigenvalue weighted by atomic mass is 9.84. The van der Waals surface area contributed by atoms with E-state index in [-0.39, 0.29) is 0 Å². The minimum Gasteiger partial charge on any atom is -0.367 e. The zero-order valence-corrected chi connectivity index (χ0v) is 11.9. The number of nitrogens with two attached hydrogens (primary N) is 1. The summed E-state index contributed by atoms with van der Waals surface area (Å²) in [7, 11) is 0. The Labute approximate surface area is 123 Å². The van der Waals surface area contributed by atoms with E-state index in [4.69, 9.17) is 21.9 Å². The molecule has 2 aromatic rings. The molecule has 1 aromatic heterocycles. The van der Waals surface area contributed by atoms with Crippen LogP contribution in [0.5, 0.6) is 0 Å². The summed E-state index contributed by atoms with van der Waals surface area (Å²) in [5.41, 5.74) is 8.88. The van der Waals surface area contributed by atoms with E-state index in [1.807, 2.05) is 24.3 Å². The Bertz CT molecular complexity index is 652. The SMILES string of the molecule is Nc1onc(C2CC3CCC2C3)c1-c1ccccc1Cl. The molecule has 0 aliphatic heterocycles. The molecule has 2 N–H and O–H groups in total. The van der Waals surface area contributed by atoms with Crippen molar-refractivity contribution >= 4 is 17.5 Å². The molecule has 1 aromatic carbocycles. The molecular weight excluding hydrogens is 272 g/mol. The van der Waals surface area contributed by atoms with Gasteiger partial charge in [0.25, 0.3) is 0 Å². The average molecular weight is 289 g/mol. The van der Waals surface area contributed by atoms with Gasteiger partial charge in [0, 0.05) is 16.5 Å². The van der Waals surface area contributed by atoms with Crippen LogP contribution in [0.4, 0.5) is 5.88 Å². The van der Waals surface area contributed by atoms with E-state index in [2.05, 4.69) is 5.16 Å². The van der Waals surface area contributed by atoms with Gasteiger partial charge in [-0.1, -0.05) is 41.4 Å². The quantitative estimate of drug-likeness (QED) is 0.886. The molecule has 1 heterocycles. The summed E-state index contributed by atoms with van der Waals surface area (Å²) in [4.78, 5) is 0. The second-order valence-corrected chi connectivity index (χ2v) is 6.48. The number of nitrogens with zero attached hydrogens (tertiary/aromatic N) is 1. The van der Waals surface area contributed by atoms with Gasteiger partial charge in [0.15, 0.2) is 0 Å². The first-order valence-corrected chi connectivity index (χ1v) is 7.61. The first-order chi connectivity index (χ1) is 9.74. The molecule has 3 nitrogen and oxygen atoms in total. The summed E-state index contributed by atoms with van der Waals surface area (Å²) >= 11 is 6.32. The van der Waals surface area contributed by atoms with E-state index in [9.17, 15) is 0 Å². The van der Waals surface area contributed by atoms with Crippen molar-refractivity contribution in [3.8, 4) is 11.1 Å². The molecule has 2 bridgehead atoms. The number of fused-ring (bicyclic) bond motifs is 2. The van der Waals surface area contributed by atoms with Crippen molar-refractivity contribution in [3.63, 3.8) is 0 Å². The number of aromatic nitrogens is 1. The minimum absolute atomic E-state index is 0.385. The van der Waals surface area contributed by atoms with Gasteiger partial charge in [-0.15, -0.1) is 0 Å². The van der Waals surface area contributed by atoms with Crippen molar-refractivity contribution in [1.82, 2.24) is 5.16 Å². The highest BCUT2D eigenvalue weighted by atomic mass is 35.5. The molecule has 4 rings (SSSR count). The van der Waals surface area contributed by atoms with Gasteiger partial charge >= 0.3 is 0 Å². The molecule has 2 aliphatic rings. The van der Waals surface area contributed by atoms with Crippen molar-refractivity contribution < 1.29 is 4.52 Å². The maximum Gasteiger partial charge on any atom is 0.230 e. The number of anilines is 1. The summed E-state index contributed by atoms with van der Waals surface area (Å²) in [5.74, 6) is 2.48. The largest absolute Gasteiger partial charge is 0.367 e. The van der Waals surface area contributed by atoms with Gasteiger partial charge in [-0.2, -0.15) is 0 Å². The lowest BCUT2D eigenvalue weighted by Crippen LogP contribution is -2.10. The third kappa shape index (κ3) is 1.76. The van der Waals surface area contributed by atoms with Crippen LogP contribution < -0.4 is 5.73 Å². The Morgan fingerprint density at radius 2 is 2.05 bits per heavy atom. The van der Waals surface area contributed by atoms with Crippen molar-refractivity contribution in [2.24, 2.45) is 11.8 Å². The van der Waals surface area contributed by atoms with Gasteiger partial charge in [0.2, 0.25) is 5.88 Å². The van der Waals surface area contributed by atoms with Crippen LogP contribution in [0.15, 0.2) is 28.8 Å². The number of nitrogen functional groups attached to an aromatic ring is 1. The summed E-state index contributed by atoms with van der Waals surface area (Å²) in [6.07, 6.45) is 5.23. The number of halogens is 1. The summed E-state index contributed by atoms with van der Waals surface area (Å²) < 4.78 is 5.29. The standard InChI is InChI=1S/C16H17ClN2O/c17-13-4-2-1-3-11(13)14-15(19-20-16(14)18)12-8-9-5-6-10(12)7-9/h1-4,9-10,12H,5-8,18H2. The second-order valence-electron chi connectivity index (χ2n) is 6.07. The molecule has 0 saturated heterocycles. The summed E-state index contributed by atoms with van der Waals surface area (Å²) in [6.45, 7) is 0. The van der Waals surface area contributed by atoms with E-state index in [1.54, 1.807) is 0 Å². The molecule has 104 valence electrons. The first-order valence-electron chi connectivity index (χ1n) is 7.24. The maximum absolute atomic E-state index is 6.32. The van der Waals surface area contributed by atoms with Crippen LogP contribution in [0.1, 0.15) is 37.3 Å². The molecule has 20 heavy (non-hydrogen) atoms. The van der Waals surface area contributed by atoms with Crippen LogP contribution in [0.3, 0.4) is 0 Å². The fourth-order valence-corrected chi connectivity index (χ4v) is 4.31. The maximum atomic E-state index is 6.32. The van der Waals surface area contributed by atoms with Gasteiger partial charge in [-0.3, -0.25) is 0 Å². The van der Waals surface area contributed by atoms with Gasteiger partial charge in [0.05, 0.1) is 11.3 Å². The molecule has 0 radical (unpaired) electrons. The van der Waals surface area contributed by atoms with Crippen molar-refractivity contribution in [1.29, 1.82) is 0 Å². The molecule has 4 heteroatoms. The first kappa shape index (κ1) is 12.3. The van der Waals surface area contributed by atoms with Gasteiger partial charge in [0.1, 0.15) is 0 Å². The van der Waals surface area contributed by atoms with E-state index in [1.165, 1.54) is 25.7 Å². The van der Waals surface area contributed by atoms with Crippen LogP contribution in [0.2, 0.25) is 5.02 Å². The Balaban J connectivity index is 1.81. The summed E-state index contributed by atoms with van der Waals surface area (Å²) in [6, 6.07) is 7.76. The van der Waals surface area contributed by atoms with Crippen LogP contribution in [0.25, 0.3) is 11.1 Å². The number of hydrogen-bond acceptors (Lipinski definition) is 3. The Morgan fingerprint density at radius 1 is 1.20 bits per heavy atom. The monoisotopic (exact) mass is 288 g/mol. The zero-order valence-electron chi connectivity index (χ0n) is 11.2. The van der Waals surface area contributed by atoms with Crippen LogP contribution in [-0.4, -0.2) is 5.16 Å². The van der Waals surface area contributed by atoms with Crippen molar-refractivity contribution in [2.45, 2.75) is 31.6 Å². The zero-order chi connectivity index (χ0) is 13.7. The van der Waals surface area contributed by atoms with Gasteiger partial charge in [-0.05, 0) is 37.2 Å². The highest BCUT2D eigenvalue weighted by molar-refractivity contribution is 6.33. The minimum atomic E-state index is 0.385. The molecule has 3 atom stereocenters. The molecule has 2 saturated carbocycles. The topological polar surface area (TPSA) is 52.0 Å². The molecule has 2 aliphatic carbocycles. The van der Waals surface area contributed by atoms with E-state index >= 15 is 0 Å². The Hall–Kier alpha value is -1.48. The smallest absolute Gasteiger partial charge is 0.230 e. The van der Waals surface area contributed by atoms with Crippen molar-refractivity contribution in [2.75, 3.05) is 5.73 Å². The number of benzene rings is 1. The molecule has 2 fully saturated rings. The lowest BCUT2D eigenvalue weighted by Gasteiger charge is -2.20. The number of rotatable bonds is 2. The average Bonchev–Trinajstić information content (AvgIpc) is 3.14. The Morgan fingerprint density at radius 3 is 2.75 bits per heavy atom. The lowest BCUT2D eigenvalue weighted by molar-refractivity contribution is 0.375. The van der Waals surface area contributed by atoms with Crippen LogP contribution >= 0.6 is 11.6 Å². The predicted molar refractivity (Wildman–Crippen MR) is 79.6 cm³/mol. The second kappa shape index (κ2) is 4.52. The molecule has 0 spiro atoms. The van der Waals surface area contributed by atoms with Crippen molar-refractivity contribution in [3.05, 3.63) is 35.0 Å². The fourth-order valence-electron chi connectivity index (χ4n) is 4.08. The third-order valence-corrected chi connectivity index (χ3v) is 5.31. The van der Waals surface area contributed by atoms with E-state index in [0.29, 0.717) is 16.8 Å². The van der Waals surface area contributed by atoms with E-state index in [0.717, 1.165) is 28.7 Å². The summed E-state index contributed by atoms with van der Waals surface area (Å²) in [5, 5.41) is 4.98. The van der Waals surface area contributed by atoms with Crippen LogP contribution in [0, 0.1) is 11.8 Å². The highest BCUT2D eigenvalue weighted by Gasteiger charge is 2.43. The molecular formula is C16H17ClN2O. The predicted octanol–water partition coefficient (Wildman–Crippen LogP) is 4.48. The highest BCUT2D eigenvalue weighted by Crippen LogP contribution is 2.54. The van der Waals surface area contributed by atoms with Gasteiger partial charge < -0.3 is 10.3 Å². The Kier molecular flexibility index (Phi) is 2.77. The molecule has 0 amide bonds.